The average molecular weight is 286 g/mol. The fourth-order valence-corrected chi connectivity index (χ4v) is 1.41. The minimum Gasteiger partial charge on any atom is -0.273 e. The molecule has 0 saturated heterocycles. The van der Waals surface area contributed by atoms with Gasteiger partial charge in [0, 0.05) is 0 Å². The maximum atomic E-state index is 2.99. The summed E-state index contributed by atoms with van der Waals surface area (Å²) in [6.07, 6.45) is 12.6. The van der Waals surface area contributed by atoms with Crippen molar-refractivity contribution in [3.63, 3.8) is 0 Å². The van der Waals surface area contributed by atoms with Gasteiger partial charge >= 0.3 is 21.7 Å². The molecule has 98 valence electrons. The first-order valence-corrected chi connectivity index (χ1v) is 6.70. The Morgan fingerprint density at radius 1 is 1.11 bits per heavy atom. The second-order valence-corrected chi connectivity index (χ2v) is 4.16. The van der Waals surface area contributed by atoms with Crippen molar-refractivity contribution >= 4 is 10.8 Å². The molecule has 0 heterocycles. The fraction of sp³-hybridized carbons (Fsp3) is 0.278. The van der Waals surface area contributed by atoms with Crippen molar-refractivity contribution < 1.29 is 21.7 Å². The molecule has 2 aromatic carbocycles. The number of benzene rings is 1. The minimum absolute atomic E-state index is 0. The zero-order valence-corrected chi connectivity index (χ0v) is 13.5. The van der Waals surface area contributed by atoms with Crippen LogP contribution in [0.2, 0.25) is 0 Å². The molecule has 1 heteroatoms. The quantitative estimate of drug-likeness (QED) is 0.468. The van der Waals surface area contributed by atoms with E-state index in [1.165, 1.54) is 23.6 Å². The van der Waals surface area contributed by atoms with Crippen molar-refractivity contribution in [1.82, 2.24) is 0 Å². The van der Waals surface area contributed by atoms with Crippen LogP contribution in [-0.4, -0.2) is 0 Å². The summed E-state index contributed by atoms with van der Waals surface area (Å²) in [4.78, 5) is 0. The summed E-state index contributed by atoms with van der Waals surface area (Å²) in [5.74, 6) is 0. The van der Waals surface area contributed by atoms with E-state index in [1.54, 1.807) is 0 Å². The van der Waals surface area contributed by atoms with E-state index in [9.17, 15) is 0 Å². The summed E-state index contributed by atoms with van der Waals surface area (Å²) in [6.45, 7) is 4.36. The Bertz CT molecular complexity index is 435. The summed E-state index contributed by atoms with van der Waals surface area (Å²) in [6, 6.07) is 14.7. The molecule has 0 N–H and O–H groups in total. The Hall–Kier alpha value is -0.976. The van der Waals surface area contributed by atoms with Gasteiger partial charge in [-0.15, -0.1) is 36.1 Å². The molecule has 3 rings (SSSR count). The molecule has 1 aliphatic rings. The monoisotopic (exact) mass is 286 g/mol. The molecule has 0 atom stereocenters. The first-order valence-electron chi connectivity index (χ1n) is 6.70. The Morgan fingerprint density at radius 2 is 1.84 bits per heavy atom. The van der Waals surface area contributed by atoms with Gasteiger partial charge in [0.15, 0.2) is 0 Å². The van der Waals surface area contributed by atoms with Crippen LogP contribution in [0.1, 0.15) is 33.1 Å². The van der Waals surface area contributed by atoms with E-state index >= 15 is 0 Å². The average Bonchev–Trinajstić information content (AvgIpc) is 3.12. The van der Waals surface area contributed by atoms with Gasteiger partial charge in [0.2, 0.25) is 0 Å². The molecular weight excluding hydrogens is 264 g/mol. The van der Waals surface area contributed by atoms with Crippen LogP contribution in [0.25, 0.3) is 10.8 Å². The van der Waals surface area contributed by atoms with Crippen LogP contribution in [0.3, 0.4) is 0 Å². The molecule has 0 aliphatic heterocycles. The molecule has 2 aromatic rings. The molecule has 0 aromatic heterocycles. The maximum Gasteiger partial charge on any atom is 2.00 e. The Balaban J connectivity index is 0.000000280. The first-order chi connectivity index (χ1) is 8.88. The standard InChI is InChI=1S/C9H7.C5H5.C4H10.Ti/c1-2-5-9-7-3-6-8(9)4-1;1-2-4-5-3-1;1-3-4-2;/h1-7H;1-3H,4H2;3-4H2,1-2H3;/q2*-1;;+2. The van der Waals surface area contributed by atoms with Crippen molar-refractivity contribution in [2.24, 2.45) is 0 Å². The normalized spacial score (nSPS) is 11.1. The maximum absolute atomic E-state index is 2.99. The molecule has 0 bridgehead atoms. The second-order valence-electron chi connectivity index (χ2n) is 4.16. The summed E-state index contributed by atoms with van der Waals surface area (Å²) in [7, 11) is 0. The molecule has 0 spiro atoms. The van der Waals surface area contributed by atoms with Gasteiger partial charge in [-0.05, 0) is 0 Å². The second kappa shape index (κ2) is 12.1. The van der Waals surface area contributed by atoms with Crippen LogP contribution in [0.4, 0.5) is 0 Å². The van der Waals surface area contributed by atoms with Gasteiger partial charge in [-0.25, -0.2) is 12.2 Å². The van der Waals surface area contributed by atoms with Crippen molar-refractivity contribution in [2.75, 3.05) is 0 Å². The molecule has 0 radical (unpaired) electrons. The van der Waals surface area contributed by atoms with E-state index in [-0.39, 0.29) is 21.7 Å². The largest absolute Gasteiger partial charge is 2.00 e. The van der Waals surface area contributed by atoms with Gasteiger partial charge in [-0.2, -0.15) is 23.6 Å². The van der Waals surface area contributed by atoms with Gasteiger partial charge in [0.25, 0.3) is 0 Å². The van der Waals surface area contributed by atoms with Crippen LogP contribution in [0, 0.1) is 6.08 Å². The molecule has 0 fully saturated rings. The number of hydrogen-bond acceptors (Lipinski definition) is 0. The van der Waals surface area contributed by atoms with Crippen molar-refractivity contribution in [3.8, 4) is 0 Å². The van der Waals surface area contributed by atoms with E-state index in [4.69, 9.17) is 0 Å². The van der Waals surface area contributed by atoms with E-state index in [0.29, 0.717) is 0 Å². The van der Waals surface area contributed by atoms with Crippen molar-refractivity contribution in [2.45, 2.75) is 33.1 Å². The SMILES string of the molecule is CCCC.[C-]1=CC=CC1.[Ti+2].c1ccc2[cH-]ccc2c1. The third-order valence-electron chi connectivity index (χ3n) is 2.63. The van der Waals surface area contributed by atoms with E-state index in [1.807, 2.05) is 12.2 Å². The molecule has 1 aliphatic carbocycles. The number of unbranched alkanes of at least 4 members (excludes halogenated alkanes) is 1. The topological polar surface area (TPSA) is 0 Å². The third-order valence-corrected chi connectivity index (χ3v) is 2.63. The first kappa shape index (κ1) is 18.0. The summed E-state index contributed by atoms with van der Waals surface area (Å²) >= 11 is 0. The summed E-state index contributed by atoms with van der Waals surface area (Å²) in [5.41, 5.74) is 0. The smallest absolute Gasteiger partial charge is 0.273 e. The molecular formula is C18H22Ti. The van der Waals surface area contributed by atoms with Crippen LogP contribution in [0.5, 0.6) is 0 Å². The van der Waals surface area contributed by atoms with Crippen molar-refractivity contribution in [3.05, 3.63) is 66.8 Å². The zero-order chi connectivity index (χ0) is 13.1. The number of rotatable bonds is 1. The van der Waals surface area contributed by atoms with E-state index < -0.39 is 0 Å². The van der Waals surface area contributed by atoms with Gasteiger partial charge in [-0.1, -0.05) is 32.8 Å². The van der Waals surface area contributed by atoms with Crippen LogP contribution < -0.4 is 0 Å². The Morgan fingerprint density at radius 3 is 2.32 bits per heavy atom. The van der Waals surface area contributed by atoms with Crippen molar-refractivity contribution in [1.29, 1.82) is 0 Å². The number of hydrogen-bond donors (Lipinski definition) is 0. The Kier molecular flexibility index (Phi) is 11.5. The Labute approximate surface area is 132 Å². The number of fused-ring (bicyclic) bond motifs is 1. The molecule has 0 saturated carbocycles. The van der Waals surface area contributed by atoms with Crippen LogP contribution in [-0.2, 0) is 21.7 Å². The fourth-order valence-electron chi connectivity index (χ4n) is 1.41. The van der Waals surface area contributed by atoms with Gasteiger partial charge in [0.1, 0.15) is 0 Å². The summed E-state index contributed by atoms with van der Waals surface area (Å²) in [5, 5.41) is 2.66. The van der Waals surface area contributed by atoms with Crippen LogP contribution >= 0.6 is 0 Å². The minimum atomic E-state index is 0. The zero-order valence-electron chi connectivity index (χ0n) is 11.9. The van der Waals surface area contributed by atoms with Gasteiger partial charge in [0.05, 0.1) is 0 Å². The van der Waals surface area contributed by atoms with Gasteiger partial charge in [-0.3, -0.25) is 6.08 Å². The van der Waals surface area contributed by atoms with Crippen LogP contribution in [0.15, 0.2) is 60.7 Å². The molecule has 0 amide bonds. The molecule has 0 unspecified atom stereocenters. The summed E-state index contributed by atoms with van der Waals surface area (Å²) < 4.78 is 0. The molecule has 19 heavy (non-hydrogen) atoms. The molecule has 0 nitrogen and oxygen atoms in total. The third kappa shape index (κ3) is 7.92. The van der Waals surface area contributed by atoms with E-state index in [2.05, 4.69) is 68.5 Å². The van der Waals surface area contributed by atoms with E-state index in [0.717, 1.165) is 6.42 Å². The van der Waals surface area contributed by atoms with Gasteiger partial charge < -0.3 is 0 Å². The number of allylic oxidation sites excluding steroid dienone is 4. The predicted molar refractivity (Wildman–Crippen MR) is 81.7 cm³/mol. The predicted octanol–water partition coefficient (Wildman–Crippen LogP) is 5.67.